The second-order valence-electron chi connectivity index (χ2n) is 6.67. The van der Waals surface area contributed by atoms with Gasteiger partial charge in [-0.1, -0.05) is 37.3 Å². The van der Waals surface area contributed by atoms with Gasteiger partial charge in [0.1, 0.15) is 5.56 Å². The van der Waals surface area contributed by atoms with Crippen LogP contribution in [0.3, 0.4) is 0 Å². The van der Waals surface area contributed by atoms with Crippen molar-refractivity contribution in [2.45, 2.75) is 25.2 Å². The van der Waals surface area contributed by atoms with Crippen LogP contribution in [0.1, 0.15) is 35.7 Å². The van der Waals surface area contributed by atoms with Gasteiger partial charge in [-0.05, 0) is 18.4 Å². The molecule has 0 bridgehead atoms. The minimum Gasteiger partial charge on any atom is -0.338 e. The Morgan fingerprint density at radius 2 is 1.92 bits per heavy atom. The van der Waals surface area contributed by atoms with E-state index in [0.29, 0.717) is 13.1 Å². The van der Waals surface area contributed by atoms with E-state index in [-0.39, 0.29) is 16.9 Å². The van der Waals surface area contributed by atoms with Gasteiger partial charge >= 0.3 is 5.69 Å². The Morgan fingerprint density at radius 3 is 2.62 bits per heavy atom. The highest BCUT2D eigenvalue weighted by molar-refractivity contribution is 5.93. The zero-order chi connectivity index (χ0) is 17.3. The van der Waals surface area contributed by atoms with E-state index in [2.05, 4.69) is 24.0 Å². The third kappa shape index (κ3) is 2.91. The van der Waals surface area contributed by atoms with Crippen LogP contribution in [-0.4, -0.2) is 33.4 Å². The Balaban J connectivity index is 1.90. The highest BCUT2D eigenvalue weighted by Gasteiger charge is 2.35. The number of benzene rings is 1. The average Bonchev–Trinajstić information content (AvgIpc) is 2.58. The van der Waals surface area contributed by atoms with Gasteiger partial charge in [0, 0.05) is 31.7 Å². The summed E-state index contributed by atoms with van der Waals surface area (Å²) in [6.07, 6.45) is 3.18. The van der Waals surface area contributed by atoms with E-state index in [9.17, 15) is 14.4 Å². The van der Waals surface area contributed by atoms with E-state index in [4.69, 9.17) is 0 Å². The first-order valence-corrected chi connectivity index (χ1v) is 8.05. The molecule has 1 aliphatic heterocycles. The van der Waals surface area contributed by atoms with Gasteiger partial charge in [-0.25, -0.2) is 4.79 Å². The zero-order valence-electron chi connectivity index (χ0n) is 13.9. The van der Waals surface area contributed by atoms with Crippen molar-refractivity contribution in [3.05, 3.63) is 68.5 Å². The number of likely N-dealkylation sites (tertiary alicyclic amines) is 1. The van der Waals surface area contributed by atoms with Gasteiger partial charge in [-0.3, -0.25) is 14.6 Å². The first-order valence-electron chi connectivity index (χ1n) is 8.05. The largest absolute Gasteiger partial charge is 0.338 e. The molecule has 1 amide bonds. The van der Waals surface area contributed by atoms with Crippen molar-refractivity contribution in [2.24, 2.45) is 7.05 Å². The van der Waals surface area contributed by atoms with Crippen molar-refractivity contribution in [3.8, 4) is 0 Å². The van der Waals surface area contributed by atoms with E-state index < -0.39 is 11.2 Å². The Labute approximate surface area is 139 Å². The molecule has 126 valence electrons. The lowest BCUT2D eigenvalue weighted by Gasteiger charge is -2.41. The smallest absolute Gasteiger partial charge is 0.328 e. The Hall–Kier alpha value is -2.63. The van der Waals surface area contributed by atoms with Gasteiger partial charge < -0.3 is 9.47 Å². The van der Waals surface area contributed by atoms with Crippen LogP contribution in [0.2, 0.25) is 0 Å². The molecule has 1 aromatic carbocycles. The summed E-state index contributed by atoms with van der Waals surface area (Å²) in [6, 6.07) is 10.1. The molecule has 6 nitrogen and oxygen atoms in total. The number of aromatic nitrogens is 2. The molecule has 2 heterocycles. The standard InChI is InChI=1S/C18H21N3O3/c1-18(13-7-4-3-5-8-13)9-6-10-21(12-18)16(23)14-11-20(2)17(24)19-15(14)22/h3-5,7-8,11H,6,9-10,12H2,1-2H3,(H,19,22,24). The average molecular weight is 327 g/mol. The third-order valence-corrected chi connectivity index (χ3v) is 4.79. The normalized spacial score (nSPS) is 20.8. The molecule has 1 atom stereocenters. The molecular weight excluding hydrogens is 306 g/mol. The van der Waals surface area contributed by atoms with Crippen molar-refractivity contribution in [1.82, 2.24) is 14.5 Å². The minimum atomic E-state index is -0.630. The van der Waals surface area contributed by atoms with Crippen LogP contribution in [0.4, 0.5) is 0 Å². The number of carbonyl (C=O) groups excluding carboxylic acids is 1. The maximum absolute atomic E-state index is 12.8. The molecule has 1 saturated heterocycles. The van der Waals surface area contributed by atoms with E-state index >= 15 is 0 Å². The summed E-state index contributed by atoms with van der Waals surface area (Å²) in [6.45, 7) is 3.31. The number of carbonyl (C=O) groups is 1. The molecule has 0 aliphatic carbocycles. The van der Waals surface area contributed by atoms with Crippen LogP contribution < -0.4 is 11.2 Å². The molecule has 0 radical (unpaired) electrons. The number of hydrogen-bond donors (Lipinski definition) is 1. The number of H-pyrrole nitrogens is 1. The Kier molecular flexibility index (Phi) is 4.13. The van der Waals surface area contributed by atoms with Crippen LogP contribution in [0.25, 0.3) is 0 Å². The van der Waals surface area contributed by atoms with Crippen molar-refractivity contribution in [3.63, 3.8) is 0 Å². The first kappa shape index (κ1) is 16.2. The number of nitrogens with one attached hydrogen (secondary N) is 1. The Bertz CT molecular complexity index is 869. The van der Waals surface area contributed by atoms with Gasteiger partial charge in [-0.2, -0.15) is 0 Å². The lowest BCUT2D eigenvalue weighted by Crippen LogP contribution is -2.48. The van der Waals surface area contributed by atoms with Gasteiger partial charge in [0.15, 0.2) is 0 Å². The van der Waals surface area contributed by atoms with E-state index in [1.807, 2.05) is 18.2 Å². The molecule has 1 N–H and O–H groups in total. The molecule has 1 fully saturated rings. The summed E-state index contributed by atoms with van der Waals surface area (Å²) in [5.74, 6) is -0.325. The van der Waals surface area contributed by atoms with Crippen molar-refractivity contribution in [1.29, 1.82) is 0 Å². The molecule has 0 spiro atoms. The van der Waals surface area contributed by atoms with Gasteiger partial charge in [-0.15, -0.1) is 0 Å². The number of hydrogen-bond acceptors (Lipinski definition) is 3. The second-order valence-corrected chi connectivity index (χ2v) is 6.67. The summed E-state index contributed by atoms with van der Waals surface area (Å²) in [4.78, 5) is 40.1. The zero-order valence-corrected chi connectivity index (χ0v) is 13.9. The van der Waals surface area contributed by atoms with E-state index in [1.165, 1.54) is 23.4 Å². The SMILES string of the molecule is Cn1cc(C(=O)N2CCCC(C)(c3ccccc3)C2)c(=O)[nH]c1=O. The fourth-order valence-corrected chi connectivity index (χ4v) is 3.38. The van der Waals surface area contributed by atoms with Crippen molar-refractivity contribution >= 4 is 5.91 Å². The minimum absolute atomic E-state index is 0.00871. The lowest BCUT2D eigenvalue weighted by atomic mass is 9.76. The molecule has 0 saturated carbocycles. The first-order chi connectivity index (χ1) is 11.4. The van der Waals surface area contributed by atoms with Crippen LogP contribution in [-0.2, 0) is 12.5 Å². The van der Waals surface area contributed by atoms with E-state index in [1.54, 1.807) is 4.90 Å². The highest BCUT2D eigenvalue weighted by Crippen LogP contribution is 2.33. The number of aryl methyl sites for hydroxylation is 1. The third-order valence-electron chi connectivity index (χ3n) is 4.79. The van der Waals surface area contributed by atoms with Crippen molar-refractivity contribution < 1.29 is 4.79 Å². The lowest BCUT2D eigenvalue weighted by molar-refractivity contribution is 0.0648. The molecule has 1 unspecified atom stereocenters. The fraction of sp³-hybridized carbons (Fsp3) is 0.389. The summed E-state index contributed by atoms with van der Waals surface area (Å²) >= 11 is 0. The molecule has 3 rings (SSSR count). The summed E-state index contributed by atoms with van der Waals surface area (Å²) in [7, 11) is 1.51. The number of amides is 1. The maximum Gasteiger partial charge on any atom is 0.328 e. The topological polar surface area (TPSA) is 75.2 Å². The van der Waals surface area contributed by atoms with Crippen LogP contribution in [0, 0.1) is 0 Å². The van der Waals surface area contributed by atoms with Crippen molar-refractivity contribution in [2.75, 3.05) is 13.1 Å². The van der Waals surface area contributed by atoms with Crippen LogP contribution in [0.5, 0.6) is 0 Å². The predicted molar refractivity (Wildman–Crippen MR) is 91.2 cm³/mol. The number of nitrogens with zero attached hydrogens (tertiary/aromatic N) is 2. The molecule has 24 heavy (non-hydrogen) atoms. The number of piperidine rings is 1. The predicted octanol–water partition coefficient (Wildman–Crippen LogP) is 1.27. The summed E-state index contributed by atoms with van der Waals surface area (Å²) in [5.41, 5.74) is -0.0894. The highest BCUT2D eigenvalue weighted by atomic mass is 16.2. The molecule has 1 aromatic heterocycles. The Morgan fingerprint density at radius 1 is 1.21 bits per heavy atom. The maximum atomic E-state index is 12.8. The molecule has 6 heteroatoms. The second kappa shape index (κ2) is 6.11. The number of aromatic amines is 1. The quantitative estimate of drug-likeness (QED) is 0.902. The van der Waals surface area contributed by atoms with Gasteiger partial charge in [0.2, 0.25) is 0 Å². The molecular formula is C18H21N3O3. The van der Waals surface area contributed by atoms with Crippen LogP contribution in [0.15, 0.2) is 46.1 Å². The van der Waals surface area contributed by atoms with Gasteiger partial charge in [0.05, 0.1) is 0 Å². The molecule has 2 aromatic rings. The summed E-state index contributed by atoms with van der Waals surface area (Å²) < 4.78 is 1.22. The van der Waals surface area contributed by atoms with E-state index in [0.717, 1.165) is 12.8 Å². The van der Waals surface area contributed by atoms with Gasteiger partial charge in [0.25, 0.3) is 11.5 Å². The fourth-order valence-electron chi connectivity index (χ4n) is 3.38. The number of rotatable bonds is 2. The monoisotopic (exact) mass is 327 g/mol. The molecule has 1 aliphatic rings. The summed E-state index contributed by atoms with van der Waals surface area (Å²) in [5, 5.41) is 0. The van der Waals surface area contributed by atoms with Crippen LogP contribution >= 0.6 is 0 Å².